The van der Waals surface area contributed by atoms with E-state index in [1.165, 1.54) is 0 Å². The summed E-state index contributed by atoms with van der Waals surface area (Å²) in [6, 6.07) is 5.58. The Bertz CT molecular complexity index is 765. The molecule has 2 saturated heterocycles. The van der Waals surface area contributed by atoms with E-state index in [1.807, 2.05) is 37.6 Å². The van der Waals surface area contributed by atoms with Crippen LogP contribution in [0.25, 0.3) is 0 Å². The van der Waals surface area contributed by atoms with Gasteiger partial charge in [-0.15, -0.1) is 0 Å². The molecule has 2 aromatic rings. The Hall–Kier alpha value is -2.29. The Morgan fingerprint density at radius 1 is 1.31 bits per heavy atom. The van der Waals surface area contributed by atoms with Gasteiger partial charge in [0.1, 0.15) is 18.0 Å². The molecule has 4 rings (SSSR count). The van der Waals surface area contributed by atoms with Crippen molar-refractivity contribution in [2.45, 2.75) is 12.1 Å². The predicted molar refractivity (Wildman–Crippen MR) is 94.6 cm³/mol. The number of amides is 1. The first-order valence-electron chi connectivity index (χ1n) is 8.77. The Kier molecular flexibility index (Phi) is 4.71. The number of rotatable bonds is 3. The maximum Gasteiger partial charge on any atom is 0.254 e. The summed E-state index contributed by atoms with van der Waals surface area (Å²) in [6.07, 6.45) is 5.59. The Morgan fingerprint density at radius 3 is 3.00 bits per heavy atom. The first kappa shape index (κ1) is 17.1. The van der Waals surface area contributed by atoms with Crippen LogP contribution in [0.2, 0.25) is 0 Å². The molecule has 0 radical (unpaired) electrons. The third kappa shape index (κ3) is 3.62. The topological polar surface area (TPSA) is 72.7 Å². The molecule has 8 heteroatoms. The fraction of sp³-hybridized carbons (Fsp3) is 0.500. The lowest BCUT2D eigenvalue weighted by Gasteiger charge is -2.42. The van der Waals surface area contributed by atoms with Gasteiger partial charge in [-0.05, 0) is 12.1 Å². The summed E-state index contributed by atoms with van der Waals surface area (Å²) in [4.78, 5) is 20.7. The van der Waals surface area contributed by atoms with Gasteiger partial charge in [0, 0.05) is 44.6 Å². The van der Waals surface area contributed by atoms with E-state index < -0.39 is 5.60 Å². The average molecular weight is 357 g/mol. The molecular weight excluding hydrogens is 334 g/mol. The van der Waals surface area contributed by atoms with E-state index in [1.54, 1.807) is 15.8 Å². The number of morpholine rings is 1. The second-order valence-electron chi connectivity index (χ2n) is 6.93. The number of hydrogen-bond acceptors (Lipinski definition) is 6. The highest BCUT2D eigenvalue weighted by atomic mass is 16.6. The number of hydrogen-bond donors (Lipinski definition) is 0. The van der Waals surface area contributed by atoms with Gasteiger partial charge in [0.25, 0.3) is 5.91 Å². The van der Waals surface area contributed by atoms with Crippen molar-refractivity contribution in [3.05, 3.63) is 42.4 Å². The van der Waals surface area contributed by atoms with Crippen molar-refractivity contribution in [1.29, 1.82) is 0 Å². The lowest BCUT2D eigenvalue weighted by molar-refractivity contribution is -0.146. The van der Waals surface area contributed by atoms with Gasteiger partial charge in [0.2, 0.25) is 0 Å². The van der Waals surface area contributed by atoms with Gasteiger partial charge in [0.05, 0.1) is 26.0 Å². The molecule has 0 aromatic carbocycles. The summed E-state index contributed by atoms with van der Waals surface area (Å²) in [5, 5.41) is 4.24. The molecule has 2 fully saturated rings. The second-order valence-corrected chi connectivity index (χ2v) is 6.93. The zero-order chi connectivity index (χ0) is 18.0. The molecule has 0 saturated carbocycles. The molecule has 2 aliphatic rings. The Balaban J connectivity index is 1.52. The van der Waals surface area contributed by atoms with Crippen molar-refractivity contribution < 1.29 is 14.3 Å². The minimum absolute atomic E-state index is 0.0423. The summed E-state index contributed by atoms with van der Waals surface area (Å²) in [7, 11) is 1.91. The number of pyridine rings is 1. The molecule has 2 aliphatic heterocycles. The quantitative estimate of drug-likeness (QED) is 0.794. The van der Waals surface area contributed by atoms with Crippen molar-refractivity contribution >= 4 is 11.7 Å². The predicted octanol–water partition coefficient (Wildman–Crippen LogP) is 0.450. The standard InChI is InChI=1S/C18H23N5O3/c1-21-9-15(8-20-21)10-22-6-7-25-14-18(12-22)13-23(17(24)11-26-18)16-4-2-3-5-19-16/h2-5,8-9H,6-7,10-14H2,1H3. The van der Waals surface area contributed by atoms with Crippen LogP contribution in [0, 0.1) is 0 Å². The molecule has 0 N–H and O–H groups in total. The molecule has 1 atom stereocenters. The zero-order valence-corrected chi connectivity index (χ0v) is 14.9. The van der Waals surface area contributed by atoms with E-state index in [0.29, 0.717) is 32.1 Å². The van der Waals surface area contributed by atoms with Gasteiger partial charge in [-0.1, -0.05) is 6.07 Å². The van der Waals surface area contributed by atoms with E-state index >= 15 is 0 Å². The van der Waals surface area contributed by atoms with E-state index in [2.05, 4.69) is 15.0 Å². The molecule has 1 unspecified atom stereocenters. The molecule has 26 heavy (non-hydrogen) atoms. The van der Waals surface area contributed by atoms with E-state index in [0.717, 1.165) is 18.7 Å². The maximum absolute atomic E-state index is 12.4. The zero-order valence-electron chi connectivity index (χ0n) is 14.9. The maximum atomic E-state index is 12.4. The first-order valence-corrected chi connectivity index (χ1v) is 8.77. The van der Waals surface area contributed by atoms with E-state index in [-0.39, 0.29) is 12.5 Å². The average Bonchev–Trinajstić information content (AvgIpc) is 2.95. The second kappa shape index (κ2) is 7.14. The Labute approximate surface area is 152 Å². The summed E-state index contributed by atoms with van der Waals surface area (Å²) >= 11 is 0. The van der Waals surface area contributed by atoms with Crippen molar-refractivity contribution in [3.63, 3.8) is 0 Å². The minimum Gasteiger partial charge on any atom is -0.377 e. The molecule has 8 nitrogen and oxygen atoms in total. The fourth-order valence-electron chi connectivity index (χ4n) is 3.55. The van der Waals surface area contributed by atoms with Crippen LogP contribution < -0.4 is 4.90 Å². The lowest BCUT2D eigenvalue weighted by Crippen LogP contribution is -2.60. The van der Waals surface area contributed by atoms with E-state index in [9.17, 15) is 4.79 Å². The summed E-state index contributed by atoms with van der Waals surface area (Å²) in [6.45, 7) is 3.87. The van der Waals surface area contributed by atoms with Gasteiger partial charge in [-0.25, -0.2) is 4.98 Å². The van der Waals surface area contributed by atoms with Gasteiger partial charge in [-0.2, -0.15) is 5.10 Å². The number of carbonyl (C=O) groups is 1. The molecule has 4 heterocycles. The van der Waals surface area contributed by atoms with Crippen LogP contribution in [0.1, 0.15) is 5.56 Å². The molecule has 2 aromatic heterocycles. The largest absolute Gasteiger partial charge is 0.377 e. The highest BCUT2D eigenvalue weighted by Crippen LogP contribution is 2.26. The van der Waals surface area contributed by atoms with Crippen LogP contribution in [0.15, 0.2) is 36.8 Å². The van der Waals surface area contributed by atoms with Crippen LogP contribution in [0.4, 0.5) is 5.82 Å². The van der Waals surface area contributed by atoms with Crippen LogP contribution in [-0.4, -0.2) is 70.6 Å². The first-order chi connectivity index (χ1) is 12.6. The minimum atomic E-state index is -0.551. The lowest BCUT2D eigenvalue weighted by atomic mass is 10.0. The molecule has 0 aliphatic carbocycles. The highest BCUT2D eigenvalue weighted by Gasteiger charge is 2.43. The SMILES string of the molecule is Cn1cc(CN2CCOCC3(C2)CN(c2ccccn2)C(=O)CO3)cn1. The summed E-state index contributed by atoms with van der Waals surface area (Å²) < 4.78 is 13.7. The third-order valence-electron chi connectivity index (χ3n) is 4.77. The smallest absolute Gasteiger partial charge is 0.254 e. The molecular formula is C18H23N5O3. The van der Waals surface area contributed by atoms with Crippen molar-refractivity contribution in [2.75, 3.05) is 44.4 Å². The number of carbonyl (C=O) groups excluding carboxylic acids is 1. The summed E-state index contributed by atoms with van der Waals surface area (Å²) in [5.41, 5.74) is 0.599. The molecule has 1 spiro atoms. The number of aromatic nitrogens is 3. The highest BCUT2D eigenvalue weighted by molar-refractivity contribution is 5.94. The van der Waals surface area contributed by atoms with Crippen molar-refractivity contribution in [1.82, 2.24) is 19.7 Å². The molecule has 138 valence electrons. The van der Waals surface area contributed by atoms with Crippen LogP contribution in [0.3, 0.4) is 0 Å². The van der Waals surface area contributed by atoms with Gasteiger partial charge in [0.15, 0.2) is 0 Å². The fourth-order valence-corrected chi connectivity index (χ4v) is 3.55. The summed E-state index contributed by atoms with van der Waals surface area (Å²) in [5.74, 6) is 0.584. The van der Waals surface area contributed by atoms with Gasteiger partial charge in [-0.3, -0.25) is 19.3 Å². The molecule has 1 amide bonds. The normalized spacial score (nSPS) is 24.8. The number of ether oxygens (including phenoxy) is 2. The van der Waals surface area contributed by atoms with Crippen molar-refractivity contribution in [2.24, 2.45) is 7.05 Å². The number of nitrogens with zero attached hydrogens (tertiary/aromatic N) is 5. The van der Waals surface area contributed by atoms with Crippen LogP contribution in [-0.2, 0) is 27.9 Å². The number of aryl methyl sites for hydroxylation is 1. The van der Waals surface area contributed by atoms with Crippen LogP contribution in [0.5, 0.6) is 0 Å². The Morgan fingerprint density at radius 2 is 2.23 bits per heavy atom. The number of anilines is 1. The van der Waals surface area contributed by atoms with Gasteiger partial charge < -0.3 is 9.47 Å². The third-order valence-corrected chi connectivity index (χ3v) is 4.77. The van der Waals surface area contributed by atoms with Gasteiger partial charge >= 0.3 is 0 Å². The molecule has 0 bridgehead atoms. The van der Waals surface area contributed by atoms with E-state index in [4.69, 9.17) is 9.47 Å². The van der Waals surface area contributed by atoms with Crippen LogP contribution >= 0.6 is 0 Å². The van der Waals surface area contributed by atoms with Crippen molar-refractivity contribution in [3.8, 4) is 0 Å². The monoisotopic (exact) mass is 357 g/mol.